The molecule has 1 heterocycles. The maximum Gasteiger partial charge on any atom is 0.179 e. The molecular weight excluding hydrogens is 723 g/mol. The smallest absolute Gasteiger partial charge is 0.179 e. The lowest BCUT2D eigenvalue weighted by Crippen LogP contribution is -2.74. The Kier molecular flexibility index (Phi) is 9.15. The summed E-state index contributed by atoms with van der Waals surface area (Å²) in [5, 5.41) is 8.00. The zero-order valence-corrected chi connectivity index (χ0v) is 33.2. The van der Waals surface area contributed by atoms with Crippen LogP contribution in [0, 0.1) is 0 Å². The number of hydrogen-bond donors (Lipinski definition) is 0. The second-order valence-corrected chi connectivity index (χ2v) is 19.2. The van der Waals surface area contributed by atoms with Crippen molar-refractivity contribution in [1.82, 2.24) is 0 Å². The number of fused-ring (bicyclic) bond motifs is 3. The van der Waals surface area contributed by atoms with Crippen LogP contribution in [0.2, 0.25) is 0 Å². The predicted octanol–water partition coefficient (Wildman–Crippen LogP) is 12.2. The van der Waals surface area contributed by atoms with Crippen molar-refractivity contribution in [2.75, 3.05) is 4.90 Å². The van der Waals surface area contributed by atoms with Crippen molar-refractivity contribution in [3.8, 4) is 22.3 Å². The molecular formula is C54H39NSSi. The van der Waals surface area contributed by atoms with Gasteiger partial charge in [-0.25, -0.2) is 0 Å². The highest BCUT2D eigenvalue weighted by atomic mass is 32.1. The largest absolute Gasteiger partial charge is 0.308 e. The average Bonchev–Trinajstić information content (AvgIpc) is 3.69. The summed E-state index contributed by atoms with van der Waals surface area (Å²) in [5.74, 6) is 0. The van der Waals surface area contributed by atoms with Gasteiger partial charge in [0.2, 0.25) is 0 Å². The molecule has 10 rings (SSSR count). The van der Waals surface area contributed by atoms with Crippen molar-refractivity contribution in [1.29, 1.82) is 0 Å². The van der Waals surface area contributed by atoms with Crippen LogP contribution in [0.4, 0.5) is 17.1 Å². The van der Waals surface area contributed by atoms with Crippen LogP contribution in [0.25, 0.3) is 42.4 Å². The van der Waals surface area contributed by atoms with Crippen LogP contribution < -0.4 is 25.6 Å². The lowest BCUT2D eigenvalue weighted by Gasteiger charge is -2.35. The number of benzene rings is 9. The van der Waals surface area contributed by atoms with Gasteiger partial charge >= 0.3 is 0 Å². The van der Waals surface area contributed by atoms with Crippen molar-refractivity contribution in [2.45, 2.75) is 0 Å². The van der Waals surface area contributed by atoms with Gasteiger partial charge < -0.3 is 4.90 Å². The standard InChI is InChI=1S/C54H39NSSi/c1-6-20-40(21-7-1)47-30-16-17-34-51(47)55(52-35-19-33-50-49-32-18-31-48(53(49)56-54(50)52)41-22-8-2-9-23-41)42-36-38-46(39-37-42)57(43-24-10-3-11-25-43,44-26-12-4-13-27-44)45-28-14-5-15-29-45/h1-39H. The molecule has 0 aliphatic carbocycles. The van der Waals surface area contributed by atoms with E-state index in [1.165, 1.54) is 68.9 Å². The van der Waals surface area contributed by atoms with Gasteiger partial charge in [-0.3, -0.25) is 0 Å². The fourth-order valence-electron chi connectivity index (χ4n) is 8.69. The van der Waals surface area contributed by atoms with E-state index in [4.69, 9.17) is 0 Å². The molecule has 0 saturated heterocycles. The fourth-order valence-corrected chi connectivity index (χ4v) is 14.8. The lowest BCUT2D eigenvalue weighted by atomic mass is 10.0. The van der Waals surface area contributed by atoms with Gasteiger partial charge in [0.05, 0.1) is 16.1 Å². The summed E-state index contributed by atoms with van der Waals surface area (Å²) in [6.45, 7) is 0. The predicted molar refractivity (Wildman–Crippen MR) is 249 cm³/mol. The van der Waals surface area contributed by atoms with Crippen molar-refractivity contribution < 1.29 is 0 Å². The van der Waals surface area contributed by atoms with Gasteiger partial charge in [0.25, 0.3) is 0 Å². The zero-order valence-electron chi connectivity index (χ0n) is 31.4. The Morgan fingerprint density at radius 1 is 0.298 bits per heavy atom. The van der Waals surface area contributed by atoms with Gasteiger partial charge in [-0.1, -0.05) is 212 Å². The van der Waals surface area contributed by atoms with Gasteiger partial charge in [-0.2, -0.15) is 0 Å². The maximum atomic E-state index is 2.49. The summed E-state index contributed by atoms with van der Waals surface area (Å²) in [7, 11) is -2.70. The minimum atomic E-state index is -2.70. The van der Waals surface area contributed by atoms with Gasteiger partial charge in [0, 0.05) is 26.7 Å². The second kappa shape index (κ2) is 15.0. The molecule has 0 atom stereocenters. The second-order valence-electron chi connectivity index (χ2n) is 14.4. The van der Waals surface area contributed by atoms with Crippen LogP contribution in [0.15, 0.2) is 237 Å². The van der Waals surface area contributed by atoms with Crippen LogP contribution in [-0.2, 0) is 0 Å². The third kappa shape index (κ3) is 6.09. The van der Waals surface area contributed by atoms with E-state index in [2.05, 4.69) is 241 Å². The van der Waals surface area contributed by atoms with E-state index in [9.17, 15) is 0 Å². The van der Waals surface area contributed by atoms with Gasteiger partial charge in [0.15, 0.2) is 8.07 Å². The topological polar surface area (TPSA) is 3.24 Å². The Morgan fingerprint density at radius 3 is 1.26 bits per heavy atom. The zero-order chi connectivity index (χ0) is 38.0. The number of hydrogen-bond acceptors (Lipinski definition) is 2. The monoisotopic (exact) mass is 761 g/mol. The third-order valence-corrected chi connectivity index (χ3v) is 17.3. The fraction of sp³-hybridized carbons (Fsp3) is 0. The molecule has 0 N–H and O–H groups in total. The van der Waals surface area contributed by atoms with Gasteiger partial charge in [-0.15, -0.1) is 11.3 Å². The lowest BCUT2D eigenvalue weighted by molar-refractivity contribution is 1.30. The van der Waals surface area contributed by atoms with Crippen LogP contribution in [-0.4, -0.2) is 8.07 Å². The molecule has 0 unspecified atom stereocenters. The van der Waals surface area contributed by atoms with Gasteiger partial charge in [-0.05, 0) is 61.7 Å². The van der Waals surface area contributed by atoms with Crippen molar-refractivity contribution in [3.05, 3.63) is 237 Å². The molecule has 0 fully saturated rings. The molecule has 270 valence electrons. The Balaban J connectivity index is 1.22. The van der Waals surface area contributed by atoms with E-state index in [1.54, 1.807) is 0 Å². The highest BCUT2D eigenvalue weighted by Gasteiger charge is 2.41. The van der Waals surface area contributed by atoms with Crippen LogP contribution in [0.1, 0.15) is 0 Å². The normalized spacial score (nSPS) is 11.5. The average molecular weight is 762 g/mol. The van der Waals surface area contributed by atoms with E-state index < -0.39 is 8.07 Å². The summed E-state index contributed by atoms with van der Waals surface area (Å²) in [6.07, 6.45) is 0. The number of thiophene rings is 1. The van der Waals surface area contributed by atoms with E-state index in [1.807, 2.05) is 11.3 Å². The first-order chi connectivity index (χ1) is 28.3. The quantitative estimate of drug-likeness (QED) is 0.105. The minimum Gasteiger partial charge on any atom is -0.308 e. The van der Waals surface area contributed by atoms with Crippen molar-refractivity contribution in [2.24, 2.45) is 0 Å². The van der Waals surface area contributed by atoms with E-state index in [-0.39, 0.29) is 0 Å². The van der Waals surface area contributed by atoms with Crippen molar-refractivity contribution in [3.63, 3.8) is 0 Å². The molecule has 0 radical (unpaired) electrons. The number of para-hydroxylation sites is 1. The Morgan fingerprint density at radius 2 is 0.702 bits per heavy atom. The number of nitrogens with zero attached hydrogens (tertiary/aromatic N) is 1. The Labute approximate surface area is 339 Å². The highest BCUT2D eigenvalue weighted by molar-refractivity contribution is 7.27. The first kappa shape index (κ1) is 34.7. The number of anilines is 3. The minimum absolute atomic E-state index is 1.12. The van der Waals surface area contributed by atoms with E-state index >= 15 is 0 Å². The Hall–Kier alpha value is -6.78. The van der Waals surface area contributed by atoms with Crippen molar-refractivity contribution >= 4 is 77.4 Å². The molecule has 0 bridgehead atoms. The summed E-state index contributed by atoms with van der Waals surface area (Å²) in [5.41, 5.74) is 8.31. The SMILES string of the molecule is c1ccc(-c2ccccc2N(c2ccc([Si](c3ccccc3)(c3ccccc3)c3ccccc3)cc2)c2cccc3c2sc2c(-c4ccccc4)cccc23)cc1. The summed E-state index contributed by atoms with van der Waals surface area (Å²) in [6, 6.07) is 87.0. The highest BCUT2D eigenvalue weighted by Crippen LogP contribution is 2.48. The number of rotatable bonds is 9. The van der Waals surface area contributed by atoms with Crippen LogP contribution in [0.5, 0.6) is 0 Å². The molecule has 0 aliphatic heterocycles. The molecule has 0 saturated carbocycles. The van der Waals surface area contributed by atoms with E-state index in [0.717, 1.165) is 11.4 Å². The summed E-state index contributed by atoms with van der Waals surface area (Å²) >= 11 is 1.89. The first-order valence-electron chi connectivity index (χ1n) is 19.5. The third-order valence-electron chi connectivity index (χ3n) is 11.2. The summed E-state index contributed by atoms with van der Waals surface area (Å²) < 4.78 is 2.58. The first-order valence-corrected chi connectivity index (χ1v) is 22.3. The molecule has 0 amide bonds. The van der Waals surface area contributed by atoms with Crippen LogP contribution in [0.3, 0.4) is 0 Å². The molecule has 3 heteroatoms. The van der Waals surface area contributed by atoms with Gasteiger partial charge in [0.1, 0.15) is 0 Å². The Bertz CT molecular complexity index is 2830. The maximum absolute atomic E-state index is 2.70. The summed E-state index contributed by atoms with van der Waals surface area (Å²) in [4.78, 5) is 2.49. The molecule has 9 aromatic carbocycles. The van der Waals surface area contributed by atoms with Crippen LogP contribution >= 0.6 is 11.3 Å². The molecule has 1 nitrogen and oxygen atoms in total. The molecule has 1 aromatic heterocycles. The molecule has 0 spiro atoms. The molecule has 57 heavy (non-hydrogen) atoms. The molecule has 10 aromatic rings. The molecule has 0 aliphatic rings. The van der Waals surface area contributed by atoms with E-state index in [0.29, 0.717) is 0 Å².